The number of benzene rings is 1. The standard InChI is InChI=1S/C23H29F4N5O3/c1-35-14-18-6-5-13-31(18)22(34)20-19(7-3-2-4-12-24)32(30-29-20)17-10-8-16(9-11-17)21(33)28-15-23(25,26)27/h8-11,18H,2-7,12-15H2,1H3,(H,28,33)/t18-/m0/s1. The van der Waals surface area contributed by atoms with Crippen LogP contribution in [-0.2, 0) is 11.2 Å². The number of carbonyl (C=O) groups excluding carboxylic acids is 2. The van der Waals surface area contributed by atoms with Gasteiger partial charge in [-0.05, 0) is 56.4 Å². The van der Waals surface area contributed by atoms with Crippen LogP contribution in [-0.4, -0.2) is 77.4 Å². The number of hydrogen-bond donors (Lipinski definition) is 1. The molecule has 2 amide bonds. The van der Waals surface area contributed by atoms with Crippen molar-refractivity contribution in [2.75, 3.05) is 33.5 Å². The first-order valence-electron chi connectivity index (χ1n) is 11.5. The lowest BCUT2D eigenvalue weighted by atomic mass is 10.1. The van der Waals surface area contributed by atoms with E-state index in [-0.39, 0.29) is 23.2 Å². The van der Waals surface area contributed by atoms with Crippen LogP contribution >= 0.6 is 0 Å². The van der Waals surface area contributed by atoms with Crippen LogP contribution in [0.15, 0.2) is 24.3 Å². The maximum atomic E-state index is 13.3. The van der Waals surface area contributed by atoms with Crippen molar-refractivity contribution in [3.05, 3.63) is 41.2 Å². The summed E-state index contributed by atoms with van der Waals surface area (Å²) in [4.78, 5) is 27.1. The quantitative estimate of drug-likeness (QED) is 0.378. The number of halogens is 4. The molecule has 192 valence electrons. The number of carbonyl (C=O) groups is 2. The lowest BCUT2D eigenvalue weighted by Crippen LogP contribution is -2.38. The minimum atomic E-state index is -4.51. The van der Waals surface area contributed by atoms with E-state index < -0.39 is 25.3 Å². The Hall–Kier alpha value is -3.02. The van der Waals surface area contributed by atoms with Crippen LogP contribution in [0, 0.1) is 0 Å². The van der Waals surface area contributed by atoms with Gasteiger partial charge in [-0.3, -0.25) is 14.0 Å². The predicted molar refractivity (Wildman–Crippen MR) is 119 cm³/mol. The molecule has 35 heavy (non-hydrogen) atoms. The highest BCUT2D eigenvalue weighted by Crippen LogP contribution is 2.23. The Balaban J connectivity index is 1.84. The number of ether oxygens (including phenoxy) is 1. The third kappa shape index (κ3) is 7.00. The molecule has 0 saturated carbocycles. The van der Waals surface area contributed by atoms with Gasteiger partial charge < -0.3 is 15.0 Å². The molecule has 1 atom stereocenters. The third-order valence-corrected chi connectivity index (χ3v) is 5.83. The van der Waals surface area contributed by atoms with Crippen LogP contribution in [0.3, 0.4) is 0 Å². The molecule has 1 N–H and O–H groups in total. The first-order valence-corrected chi connectivity index (χ1v) is 11.5. The average Bonchev–Trinajstić information content (AvgIpc) is 3.47. The molecule has 12 heteroatoms. The molecule has 1 aliphatic rings. The molecule has 1 aliphatic heterocycles. The van der Waals surface area contributed by atoms with Crippen molar-refractivity contribution >= 4 is 11.8 Å². The number of likely N-dealkylation sites (tertiary alicyclic amines) is 1. The van der Waals surface area contributed by atoms with Crippen molar-refractivity contribution in [1.82, 2.24) is 25.2 Å². The highest BCUT2D eigenvalue weighted by molar-refractivity contribution is 5.95. The van der Waals surface area contributed by atoms with Crippen LogP contribution in [0.25, 0.3) is 5.69 Å². The minimum absolute atomic E-state index is 0.0495. The van der Waals surface area contributed by atoms with Crippen LogP contribution < -0.4 is 5.32 Å². The summed E-state index contributed by atoms with van der Waals surface area (Å²) in [6, 6.07) is 5.77. The number of unbranched alkanes of at least 4 members (excludes halogenated alkanes) is 2. The fourth-order valence-electron chi connectivity index (χ4n) is 4.10. The summed E-state index contributed by atoms with van der Waals surface area (Å²) >= 11 is 0. The number of amides is 2. The fraction of sp³-hybridized carbons (Fsp3) is 0.565. The zero-order chi connectivity index (χ0) is 25.4. The van der Waals surface area contributed by atoms with Gasteiger partial charge in [0.2, 0.25) is 0 Å². The summed E-state index contributed by atoms with van der Waals surface area (Å²) in [5.74, 6) is -1.10. The van der Waals surface area contributed by atoms with E-state index >= 15 is 0 Å². The molecule has 0 radical (unpaired) electrons. The van der Waals surface area contributed by atoms with Gasteiger partial charge in [0.25, 0.3) is 11.8 Å². The van der Waals surface area contributed by atoms with E-state index in [9.17, 15) is 27.2 Å². The zero-order valence-corrected chi connectivity index (χ0v) is 19.5. The van der Waals surface area contributed by atoms with Gasteiger partial charge in [0.1, 0.15) is 6.54 Å². The molecule has 8 nitrogen and oxygen atoms in total. The van der Waals surface area contributed by atoms with Gasteiger partial charge in [-0.25, -0.2) is 4.68 Å². The van der Waals surface area contributed by atoms with Crippen molar-refractivity contribution in [2.45, 2.75) is 50.7 Å². The van der Waals surface area contributed by atoms with E-state index in [2.05, 4.69) is 10.3 Å². The molecule has 1 fully saturated rings. The van der Waals surface area contributed by atoms with Gasteiger partial charge in [0.05, 0.1) is 30.7 Å². The molecule has 0 bridgehead atoms. The first-order chi connectivity index (χ1) is 16.7. The Morgan fingerprint density at radius 2 is 1.91 bits per heavy atom. The maximum Gasteiger partial charge on any atom is 0.405 e. The zero-order valence-electron chi connectivity index (χ0n) is 19.5. The normalized spacial score (nSPS) is 16.0. The Morgan fingerprint density at radius 1 is 1.17 bits per heavy atom. The van der Waals surface area contributed by atoms with Gasteiger partial charge in [0.15, 0.2) is 5.69 Å². The minimum Gasteiger partial charge on any atom is -0.383 e. The number of methoxy groups -OCH3 is 1. The number of rotatable bonds is 11. The van der Waals surface area contributed by atoms with E-state index in [4.69, 9.17) is 4.74 Å². The van der Waals surface area contributed by atoms with Gasteiger partial charge in [-0.15, -0.1) is 5.10 Å². The van der Waals surface area contributed by atoms with Crippen LogP contribution in [0.1, 0.15) is 58.6 Å². The monoisotopic (exact) mass is 499 g/mol. The SMILES string of the molecule is COC[C@@H]1CCCN1C(=O)c1nnn(-c2ccc(C(=O)NCC(F)(F)F)cc2)c1CCCCCF. The molecule has 1 aromatic carbocycles. The average molecular weight is 500 g/mol. The maximum absolute atomic E-state index is 13.3. The second kappa shape index (κ2) is 12.1. The Bertz CT molecular complexity index is 994. The van der Waals surface area contributed by atoms with E-state index in [1.807, 2.05) is 5.32 Å². The number of nitrogens with zero attached hydrogens (tertiary/aromatic N) is 4. The predicted octanol–water partition coefficient (Wildman–Crippen LogP) is 3.49. The highest BCUT2D eigenvalue weighted by atomic mass is 19.4. The van der Waals surface area contributed by atoms with Crippen LogP contribution in [0.2, 0.25) is 0 Å². The molecule has 2 heterocycles. The van der Waals surface area contributed by atoms with Gasteiger partial charge >= 0.3 is 6.18 Å². The fourth-order valence-corrected chi connectivity index (χ4v) is 4.10. The van der Waals surface area contributed by atoms with Crippen molar-refractivity contribution in [3.8, 4) is 5.69 Å². The second-order valence-corrected chi connectivity index (χ2v) is 8.39. The lowest BCUT2D eigenvalue weighted by Gasteiger charge is -2.23. The summed E-state index contributed by atoms with van der Waals surface area (Å²) < 4.78 is 56.4. The lowest BCUT2D eigenvalue weighted by molar-refractivity contribution is -0.123. The molecular weight excluding hydrogens is 470 g/mol. The molecule has 3 rings (SSSR count). The summed E-state index contributed by atoms with van der Waals surface area (Å²) in [5, 5.41) is 10.1. The largest absolute Gasteiger partial charge is 0.405 e. The van der Waals surface area contributed by atoms with Gasteiger partial charge in [-0.2, -0.15) is 13.2 Å². The number of hydrogen-bond acceptors (Lipinski definition) is 5. The van der Waals surface area contributed by atoms with E-state index in [1.54, 1.807) is 12.0 Å². The van der Waals surface area contributed by atoms with E-state index in [1.165, 1.54) is 28.9 Å². The summed E-state index contributed by atoms with van der Waals surface area (Å²) in [6.45, 7) is -0.842. The molecule has 1 aromatic heterocycles. The van der Waals surface area contributed by atoms with Crippen molar-refractivity contribution in [3.63, 3.8) is 0 Å². The van der Waals surface area contributed by atoms with Gasteiger partial charge in [0, 0.05) is 19.2 Å². The number of alkyl halides is 4. The second-order valence-electron chi connectivity index (χ2n) is 8.39. The number of aromatic nitrogens is 3. The van der Waals surface area contributed by atoms with E-state index in [0.717, 1.165) is 12.8 Å². The molecule has 2 aromatic rings. The summed E-state index contributed by atoms with van der Waals surface area (Å²) in [5.41, 5.74) is 1.32. The first kappa shape index (κ1) is 26.6. The summed E-state index contributed by atoms with van der Waals surface area (Å²) in [6.07, 6.45) is -0.719. The van der Waals surface area contributed by atoms with Gasteiger partial charge in [-0.1, -0.05) is 11.6 Å². The van der Waals surface area contributed by atoms with Crippen molar-refractivity contribution < 1.29 is 31.9 Å². The van der Waals surface area contributed by atoms with E-state index in [0.29, 0.717) is 50.2 Å². The molecular formula is C23H29F4N5O3. The Kier molecular flexibility index (Phi) is 9.19. The smallest absolute Gasteiger partial charge is 0.383 e. The molecule has 0 spiro atoms. The topological polar surface area (TPSA) is 89.3 Å². The Labute approximate surface area is 200 Å². The summed E-state index contributed by atoms with van der Waals surface area (Å²) in [7, 11) is 1.58. The van der Waals surface area contributed by atoms with Crippen molar-refractivity contribution in [2.24, 2.45) is 0 Å². The molecule has 0 aliphatic carbocycles. The number of nitrogens with one attached hydrogen (secondary N) is 1. The van der Waals surface area contributed by atoms with Crippen LogP contribution in [0.4, 0.5) is 17.6 Å². The highest BCUT2D eigenvalue weighted by Gasteiger charge is 2.33. The molecule has 1 saturated heterocycles. The third-order valence-electron chi connectivity index (χ3n) is 5.83. The molecule has 0 unspecified atom stereocenters. The van der Waals surface area contributed by atoms with Crippen molar-refractivity contribution in [1.29, 1.82) is 0 Å². The Morgan fingerprint density at radius 3 is 2.57 bits per heavy atom. The van der Waals surface area contributed by atoms with Crippen LogP contribution in [0.5, 0.6) is 0 Å².